The molecule has 8 nitrogen and oxygen atoms in total. The molecule has 1 atom stereocenters. The molecule has 9 heteroatoms. The Kier molecular flexibility index (Phi) is 8.70. The van der Waals surface area contributed by atoms with E-state index in [0.29, 0.717) is 40.4 Å². The zero-order chi connectivity index (χ0) is 24.7. The van der Waals surface area contributed by atoms with E-state index >= 15 is 0 Å². The van der Waals surface area contributed by atoms with Crippen molar-refractivity contribution in [1.82, 2.24) is 14.8 Å². The number of carbonyl (C=O) groups excluding carboxylic acids is 2. The van der Waals surface area contributed by atoms with Gasteiger partial charge in [0.1, 0.15) is 11.5 Å². The first-order chi connectivity index (χ1) is 16.3. The largest absolute Gasteiger partial charge is 0.497 e. The average molecular weight is 483 g/mol. The number of Topliss-reactive ketones (excluding diaryl/α,β-unsaturated/α-hetero) is 1. The molecule has 1 heterocycles. The first-order valence-corrected chi connectivity index (χ1v) is 12.0. The number of nitrogens with zero attached hydrogens (tertiary/aromatic N) is 3. The molecule has 0 bridgehead atoms. The van der Waals surface area contributed by atoms with Gasteiger partial charge in [-0.15, -0.1) is 10.2 Å². The summed E-state index contributed by atoms with van der Waals surface area (Å²) in [6, 6.07) is 14.2. The number of ketones is 1. The molecule has 3 rings (SSSR count). The summed E-state index contributed by atoms with van der Waals surface area (Å²) in [5.41, 5.74) is 1.24. The lowest BCUT2D eigenvalue weighted by atomic mass is 10.1. The highest BCUT2D eigenvalue weighted by Gasteiger charge is 2.21. The van der Waals surface area contributed by atoms with Gasteiger partial charge < -0.3 is 19.4 Å². The fourth-order valence-electron chi connectivity index (χ4n) is 3.27. The van der Waals surface area contributed by atoms with Crippen LogP contribution in [0.1, 0.15) is 50.0 Å². The number of hydrogen-bond acceptors (Lipinski definition) is 7. The fourth-order valence-corrected chi connectivity index (χ4v) is 4.03. The Morgan fingerprint density at radius 1 is 1.00 bits per heavy atom. The highest BCUT2D eigenvalue weighted by atomic mass is 32.2. The zero-order valence-corrected chi connectivity index (χ0v) is 20.9. The summed E-state index contributed by atoms with van der Waals surface area (Å²) >= 11 is 1.33. The van der Waals surface area contributed by atoms with Gasteiger partial charge in [0.15, 0.2) is 22.9 Å². The van der Waals surface area contributed by atoms with Crippen molar-refractivity contribution < 1.29 is 19.1 Å². The van der Waals surface area contributed by atoms with Gasteiger partial charge in [0.25, 0.3) is 0 Å². The third-order valence-corrected chi connectivity index (χ3v) is 5.90. The lowest BCUT2D eigenvalue weighted by Crippen LogP contribution is -2.17. The molecule has 1 N–H and O–H groups in total. The van der Waals surface area contributed by atoms with E-state index < -0.39 is 0 Å². The number of nitrogens with one attached hydrogen (secondary N) is 1. The number of ether oxygens (including phenoxy) is 2. The minimum atomic E-state index is -0.331. The van der Waals surface area contributed by atoms with E-state index in [-0.39, 0.29) is 23.5 Å². The number of hydrogen-bond donors (Lipinski definition) is 1. The van der Waals surface area contributed by atoms with E-state index in [1.165, 1.54) is 18.7 Å². The van der Waals surface area contributed by atoms with Crippen molar-refractivity contribution in [2.75, 3.05) is 18.2 Å². The Hall–Kier alpha value is -3.33. The van der Waals surface area contributed by atoms with Crippen molar-refractivity contribution in [3.63, 3.8) is 0 Å². The second-order valence-corrected chi connectivity index (χ2v) is 9.19. The van der Waals surface area contributed by atoms with Gasteiger partial charge in [0, 0.05) is 17.8 Å². The highest BCUT2D eigenvalue weighted by Crippen LogP contribution is 2.27. The predicted molar refractivity (Wildman–Crippen MR) is 133 cm³/mol. The maximum absolute atomic E-state index is 12.5. The Morgan fingerprint density at radius 3 is 2.24 bits per heavy atom. The van der Waals surface area contributed by atoms with Crippen LogP contribution in [-0.4, -0.2) is 39.3 Å². The molecule has 0 spiro atoms. The summed E-state index contributed by atoms with van der Waals surface area (Å²) in [4.78, 5) is 23.9. The van der Waals surface area contributed by atoms with Gasteiger partial charge in [0.2, 0.25) is 5.91 Å². The Morgan fingerprint density at radius 2 is 1.65 bits per heavy atom. The van der Waals surface area contributed by atoms with Crippen LogP contribution in [0.2, 0.25) is 0 Å². The van der Waals surface area contributed by atoms with Crippen molar-refractivity contribution in [3.05, 3.63) is 59.9 Å². The molecule has 1 aromatic heterocycles. The van der Waals surface area contributed by atoms with Crippen LogP contribution in [0.5, 0.6) is 11.5 Å². The van der Waals surface area contributed by atoms with Crippen LogP contribution in [-0.2, 0) is 11.3 Å². The molecule has 0 aliphatic rings. The van der Waals surface area contributed by atoms with E-state index in [1.54, 1.807) is 31.4 Å². The van der Waals surface area contributed by atoms with E-state index in [1.807, 2.05) is 35.8 Å². The van der Waals surface area contributed by atoms with E-state index in [2.05, 4.69) is 29.4 Å². The van der Waals surface area contributed by atoms with Crippen LogP contribution in [0.15, 0.2) is 53.7 Å². The van der Waals surface area contributed by atoms with E-state index in [4.69, 9.17) is 9.47 Å². The standard InChI is InChI=1S/C25H30N4O4S/c1-16(2)14-29-24(18(4)33-22-12-10-21(32-5)11-13-22)27-28-25(29)34-15-23(31)26-20-8-6-19(7-9-20)17(3)30/h6-13,16,18H,14-15H2,1-5H3,(H,26,31). The zero-order valence-electron chi connectivity index (χ0n) is 20.1. The summed E-state index contributed by atoms with van der Waals surface area (Å²) in [6.45, 7) is 8.37. The molecular weight excluding hydrogens is 452 g/mol. The number of carbonyl (C=O) groups is 2. The second kappa shape index (κ2) is 11.7. The number of rotatable bonds is 11. The van der Waals surface area contributed by atoms with Crippen LogP contribution in [0.4, 0.5) is 5.69 Å². The third-order valence-electron chi connectivity index (χ3n) is 4.94. The normalized spacial score (nSPS) is 11.8. The molecule has 2 aromatic carbocycles. The first kappa shape index (κ1) is 25.3. The number of anilines is 1. The molecule has 180 valence electrons. The van der Waals surface area contributed by atoms with Gasteiger partial charge in [-0.2, -0.15) is 0 Å². The predicted octanol–water partition coefficient (Wildman–Crippen LogP) is 5.02. The van der Waals surface area contributed by atoms with Crippen molar-refractivity contribution in [3.8, 4) is 11.5 Å². The topological polar surface area (TPSA) is 95.3 Å². The van der Waals surface area contributed by atoms with Crippen molar-refractivity contribution >= 4 is 29.1 Å². The van der Waals surface area contributed by atoms with Gasteiger partial charge in [-0.05, 0) is 68.3 Å². The van der Waals surface area contributed by atoms with Crippen molar-refractivity contribution in [1.29, 1.82) is 0 Å². The highest BCUT2D eigenvalue weighted by molar-refractivity contribution is 7.99. The summed E-state index contributed by atoms with van der Waals surface area (Å²) in [7, 11) is 1.62. The van der Waals surface area contributed by atoms with Gasteiger partial charge in [-0.1, -0.05) is 25.6 Å². The van der Waals surface area contributed by atoms with Crippen LogP contribution in [0, 0.1) is 5.92 Å². The molecular formula is C25H30N4O4S. The summed E-state index contributed by atoms with van der Waals surface area (Å²) < 4.78 is 13.3. The minimum Gasteiger partial charge on any atom is -0.497 e. The molecule has 1 unspecified atom stereocenters. The number of amides is 1. The number of benzene rings is 2. The van der Waals surface area contributed by atoms with E-state index in [0.717, 1.165) is 5.75 Å². The molecule has 0 saturated heterocycles. The monoisotopic (exact) mass is 482 g/mol. The van der Waals surface area contributed by atoms with Crippen LogP contribution >= 0.6 is 11.8 Å². The van der Waals surface area contributed by atoms with Gasteiger partial charge in [-0.25, -0.2) is 0 Å². The fraction of sp³-hybridized carbons (Fsp3) is 0.360. The molecule has 3 aromatic rings. The van der Waals surface area contributed by atoms with Crippen molar-refractivity contribution in [2.45, 2.75) is 45.5 Å². The molecule has 0 radical (unpaired) electrons. The second-order valence-electron chi connectivity index (χ2n) is 8.25. The summed E-state index contributed by atoms with van der Waals surface area (Å²) in [5, 5.41) is 12.2. The summed E-state index contributed by atoms with van der Waals surface area (Å²) in [5.74, 6) is 2.52. The Balaban J connectivity index is 1.66. The molecule has 34 heavy (non-hydrogen) atoms. The maximum atomic E-state index is 12.5. The molecule has 0 aliphatic heterocycles. The quantitative estimate of drug-likeness (QED) is 0.303. The number of aromatic nitrogens is 3. The van der Waals surface area contributed by atoms with Gasteiger partial charge >= 0.3 is 0 Å². The first-order valence-electron chi connectivity index (χ1n) is 11.0. The van der Waals surface area contributed by atoms with Crippen LogP contribution in [0.25, 0.3) is 0 Å². The Bertz CT molecular complexity index is 1110. The summed E-state index contributed by atoms with van der Waals surface area (Å²) in [6.07, 6.45) is -0.331. The van der Waals surface area contributed by atoms with E-state index in [9.17, 15) is 9.59 Å². The molecule has 0 aliphatic carbocycles. The van der Waals surface area contributed by atoms with Crippen LogP contribution < -0.4 is 14.8 Å². The maximum Gasteiger partial charge on any atom is 0.234 e. The SMILES string of the molecule is COc1ccc(OC(C)c2nnc(SCC(=O)Nc3ccc(C(C)=O)cc3)n2CC(C)C)cc1. The molecule has 0 saturated carbocycles. The van der Waals surface area contributed by atoms with Crippen molar-refractivity contribution in [2.24, 2.45) is 5.92 Å². The lowest BCUT2D eigenvalue weighted by Gasteiger charge is -2.18. The number of methoxy groups -OCH3 is 1. The minimum absolute atomic E-state index is 0.0149. The van der Waals surface area contributed by atoms with Gasteiger partial charge in [0.05, 0.1) is 12.9 Å². The molecule has 1 amide bonds. The lowest BCUT2D eigenvalue weighted by molar-refractivity contribution is -0.113. The smallest absolute Gasteiger partial charge is 0.234 e. The average Bonchev–Trinajstić information content (AvgIpc) is 3.20. The molecule has 0 fully saturated rings. The number of thioether (sulfide) groups is 1. The Labute approximate surface area is 204 Å². The van der Waals surface area contributed by atoms with Gasteiger partial charge in [-0.3, -0.25) is 9.59 Å². The van der Waals surface area contributed by atoms with Crippen LogP contribution in [0.3, 0.4) is 0 Å². The third kappa shape index (κ3) is 6.84.